The minimum absolute atomic E-state index is 0.0248. The Morgan fingerprint density at radius 3 is 1.78 bits per heavy atom. The van der Waals surface area contributed by atoms with E-state index >= 15 is 0 Å². The second-order valence-electron chi connectivity index (χ2n) is 23.3. The highest BCUT2D eigenvalue weighted by atomic mass is 35.5. The van der Waals surface area contributed by atoms with Gasteiger partial charge in [-0.2, -0.15) is 24.9 Å². The molecule has 11 heterocycles. The molecular formula is C69H65ClN20O7S. The summed E-state index contributed by atoms with van der Waals surface area (Å²) in [6, 6.07) is 21.2. The molecule has 98 heavy (non-hydrogen) atoms. The number of halogens is 1. The Morgan fingerprint density at radius 2 is 1.12 bits per heavy atom. The fourth-order valence-electron chi connectivity index (χ4n) is 12.3. The van der Waals surface area contributed by atoms with Crippen LogP contribution >= 0.6 is 11.6 Å². The van der Waals surface area contributed by atoms with Crippen LogP contribution in [0.2, 0.25) is 5.02 Å². The number of carbonyl (C=O) groups is 2. The van der Waals surface area contributed by atoms with Gasteiger partial charge in [-0.25, -0.2) is 38.3 Å². The number of sulfonamides is 1. The first-order valence-electron chi connectivity index (χ1n) is 31.3. The van der Waals surface area contributed by atoms with Crippen LogP contribution in [-0.4, -0.2) is 178 Å². The molecule has 12 aromatic rings. The molecule has 3 N–H and O–H groups in total. The highest BCUT2D eigenvalue weighted by molar-refractivity contribution is 7.92. The lowest BCUT2D eigenvalue weighted by atomic mass is 10.1. The number of rotatable bonds is 13. The molecule has 2 amide bonds. The van der Waals surface area contributed by atoms with Gasteiger partial charge < -0.3 is 38.7 Å². The zero-order chi connectivity index (χ0) is 68.4. The summed E-state index contributed by atoms with van der Waals surface area (Å²) in [7, 11) is -3.44. The van der Waals surface area contributed by atoms with Crippen molar-refractivity contribution in [2.45, 2.75) is 27.7 Å². The highest BCUT2D eigenvalue weighted by Crippen LogP contribution is 2.43. The highest BCUT2D eigenvalue weighted by Gasteiger charge is 2.29. The van der Waals surface area contributed by atoms with Crippen LogP contribution in [0.25, 0.3) is 65.4 Å². The van der Waals surface area contributed by atoms with E-state index in [1.165, 1.54) is 29.1 Å². The summed E-state index contributed by atoms with van der Waals surface area (Å²) >= 11 is 6.55. The quantitative estimate of drug-likeness (QED) is 0.0903. The van der Waals surface area contributed by atoms with Crippen LogP contribution in [0, 0.1) is 39.0 Å². The van der Waals surface area contributed by atoms with Crippen LogP contribution < -0.4 is 28.9 Å². The second kappa shape index (κ2) is 27.6. The Labute approximate surface area is 566 Å². The number of piperazine rings is 3. The van der Waals surface area contributed by atoms with Crippen LogP contribution in [0.5, 0.6) is 34.8 Å². The van der Waals surface area contributed by atoms with E-state index in [1.807, 2.05) is 86.0 Å². The van der Waals surface area contributed by atoms with Gasteiger partial charge in [0.05, 0.1) is 61.8 Å². The van der Waals surface area contributed by atoms with Crippen LogP contribution in [0.3, 0.4) is 0 Å². The van der Waals surface area contributed by atoms with E-state index in [0.717, 1.165) is 101 Å². The van der Waals surface area contributed by atoms with Crippen LogP contribution in [0.1, 0.15) is 27.9 Å². The monoisotopic (exact) mass is 1350 g/mol. The van der Waals surface area contributed by atoms with Crippen molar-refractivity contribution in [3.05, 3.63) is 175 Å². The van der Waals surface area contributed by atoms with Gasteiger partial charge in [-0.05, 0) is 99.0 Å². The van der Waals surface area contributed by atoms with Crippen molar-refractivity contribution in [3.63, 3.8) is 0 Å². The van der Waals surface area contributed by atoms with Gasteiger partial charge in [0.1, 0.15) is 52.3 Å². The van der Waals surface area contributed by atoms with Crippen molar-refractivity contribution in [1.82, 2.24) is 79.6 Å². The van der Waals surface area contributed by atoms with E-state index in [0.29, 0.717) is 133 Å². The molecule has 0 spiro atoms. The Hall–Kier alpha value is -11.7. The maximum absolute atomic E-state index is 12.1. The third-order valence-corrected chi connectivity index (χ3v) is 19.4. The average Bonchev–Trinajstić information content (AvgIpc) is 1.16. The number of anilines is 3. The van der Waals surface area contributed by atoms with Crippen molar-refractivity contribution in [1.29, 1.82) is 5.26 Å². The molecular weight excluding hydrogens is 1290 g/mol. The molecule has 3 saturated heterocycles. The van der Waals surface area contributed by atoms with Gasteiger partial charge >= 0.3 is 0 Å². The normalized spacial score (nSPS) is 14.4. The van der Waals surface area contributed by atoms with E-state index in [9.17, 15) is 23.3 Å². The molecule has 3 aliphatic heterocycles. The summed E-state index contributed by atoms with van der Waals surface area (Å²) in [5.74, 6) is 4.37. The largest absolute Gasteiger partial charge is 0.454 e. The van der Waals surface area contributed by atoms with E-state index in [-0.39, 0.29) is 11.8 Å². The number of nitriles is 1. The Kier molecular flexibility index (Phi) is 18.3. The number of H-pyrrole nitrogens is 3. The molecule has 0 saturated carbocycles. The van der Waals surface area contributed by atoms with Gasteiger partial charge in [0.2, 0.25) is 33.6 Å². The standard InChI is InChI=1S/C24H21N7O2.C24H24N6O2.C21H20ClN7O3S/c1-3-21(32)30-6-8-31(9-7-30)24-17-10-16(12-25)11-20(22(17)26-14-27-24)33-23-15(2)4-5-19-18(23)13-28-29-19;1-4-20(31)30-13-11-29(12-14-30)19-8-10-25-22-17(19)7-9-26-24(22)32-23-15(2)5-6-18-21(23)16(3)27-28-18;1-3-33(30,31)29-8-6-28(7-9-29)20-14-4-5-23-21(18(14)24-12-25-20)32-19-15-11-26-27-16(15)10-13(2)17(19)22/h3-5,10-11,13-14H,1,6-9H2,2H3,(H,28,29);4-10H,1,11-14H2,2-3H3,(H,27,28);3-5,10-12H,1,6-9H2,2H3,(H,26,27). The molecule has 4 aromatic carbocycles. The number of benzene rings is 4. The molecule has 8 aromatic heterocycles. The molecule has 0 atom stereocenters. The van der Waals surface area contributed by atoms with Crippen molar-refractivity contribution in [3.8, 4) is 40.8 Å². The maximum atomic E-state index is 12.1. The Morgan fingerprint density at radius 1 is 0.561 bits per heavy atom. The molecule has 3 fully saturated rings. The molecule has 0 unspecified atom stereocenters. The van der Waals surface area contributed by atoms with Gasteiger partial charge in [0.25, 0.3) is 0 Å². The van der Waals surface area contributed by atoms with Crippen molar-refractivity contribution in [2.24, 2.45) is 0 Å². The fourth-order valence-corrected chi connectivity index (χ4v) is 13.4. The van der Waals surface area contributed by atoms with Crippen LogP contribution in [-0.2, 0) is 19.6 Å². The minimum Gasteiger partial charge on any atom is -0.454 e. The zero-order valence-electron chi connectivity index (χ0n) is 53.9. The van der Waals surface area contributed by atoms with Gasteiger partial charge in [-0.15, -0.1) is 0 Å². The van der Waals surface area contributed by atoms with Gasteiger partial charge in [-0.1, -0.05) is 43.5 Å². The van der Waals surface area contributed by atoms with Crippen molar-refractivity contribution < 1.29 is 32.2 Å². The number of nitrogens with one attached hydrogen (secondary N) is 3. The number of aromatic nitrogens is 13. The van der Waals surface area contributed by atoms with E-state index in [2.05, 4.69) is 101 Å². The van der Waals surface area contributed by atoms with Crippen LogP contribution in [0.15, 0.2) is 142 Å². The first kappa shape index (κ1) is 65.0. The summed E-state index contributed by atoms with van der Waals surface area (Å²) < 4.78 is 44.5. The third-order valence-electron chi connectivity index (χ3n) is 17.4. The lowest BCUT2D eigenvalue weighted by Gasteiger charge is -2.36. The predicted molar refractivity (Wildman–Crippen MR) is 374 cm³/mol. The molecule has 29 heteroatoms. The number of aromatic amines is 3. The summed E-state index contributed by atoms with van der Waals surface area (Å²) in [5.41, 5.74) is 9.58. The number of nitrogens with zero attached hydrogens (tertiary/aromatic N) is 17. The zero-order valence-corrected chi connectivity index (χ0v) is 55.5. The number of aryl methyl sites for hydroxylation is 4. The number of amides is 2. The third kappa shape index (κ3) is 12.7. The fraction of sp³-hybridized carbons (Fsp3) is 0.232. The minimum atomic E-state index is -3.44. The molecule has 0 aliphatic carbocycles. The number of pyridine rings is 3. The Bertz CT molecular complexity index is 5280. The molecule has 3 aliphatic rings. The molecule has 27 nitrogen and oxygen atoms in total. The van der Waals surface area contributed by atoms with Gasteiger partial charge in [0, 0.05) is 136 Å². The molecule has 15 rings (SSSR count). The van der Waals surface area contributed by atoms with Crippen molar-refractivity contribution in [2.75, 3.05) is 93.2 Å². The molecule has 496 valence electrons. The molecule has 0 radical (unpaired) electrons. The van der Waals surface area contributed by atoms with Crippen LogP contribution in [0.4, 0.5) is 17.3 Å². The second-order valence-corrected chi connectivity index (χ2v) is 25.6. The number of ether oxygens (including phenoxy) is 3. The van der Waals surface area contributed by atoms with Gasteiger partial charge in [0.15, 0.2) is 11.5 Å². The lowest BCUT2D eigenvalue weighted by molar-refractivity contribution is -0.127. The number of hydrogen-bond donors (Lipinski definition) is 3. The summed E-state index contributed by atoms with van der Waals surface area (Å²) in [5, 5.41) is 37.5. The smallest absolute Gasteiger partial charge is 0.246 e. The summed E-state index contributed by atoms with van der Waals surface area (Å²) in [4.78, 5) is 65.2. The van der Waals surface area contributed by atoms with Crippen molar-refractivity contribution >= 4 is 116 Å². The first-order valence-corrected chi connectivity index (χ1v) is 33.2. The summed E-state index contributed by atoms with van der Waals surface area (Å²) in [6.07, 6.45) is 14.2. The lowest BCUT2D eigenvalue weighted by Crippen LogP contribution is -2.48. The topological polar surface area (TPSA) is 315 Å². The maximum Gasteiger partial charge on any atom is 0.246 e. The SMILES string of the molecule is C=CC(=O)N1CCN(c2ccnc3c(Oc4c(C)ccc5n[nH]c(C)c45)nccc23)CC1.C=CC(=O)N1CCN(c2ncnc3c(Oc4c(C)ccc5[nH]ncc45)cc(C#N)cc23)CC1.C=CS(=O)(=O)N1CCN(c2ncnc3c(Oc4c(Cl)c(C)cc5[nH]ncc45)nccc23)CC1. The van der Waals surface area contributed by atoms with E-state index in [1.54, 1.807) is 48.0 Å². The number of carbonyl (C=O) groups excluding carboxylic acids is 2. The average molecular weight is 1350 g/mol. The number of fused-ring (bicyclic) bond motifs is 6. The molecule has 0 bridgehead atoms. The Balaban J connectivity index is 0.000000132. The van der Waals surface area contributed by atoms with Gasteiger partial charge in [-0.3, -0.25) is 29.9 Å². The van der Waals surface area contributed by atoms with E-state index in [4.69, 9.17) is 25.8 Å². The number of hydrogen-bond acceptors (Lipinski definition) is 21. The first-order chi connectivity index (χ1) is 47.5. The summed E-state index contributed by atoms with van der Waals surface area (Å²) in [6.45, 7) is 25.2. The predicted octanol–water partition coefficient (Wildman–Crippen LogP) is 10.3. The van der Waals surface area contributed by atoms with E-state index < -0.39 is 10.0 Å².